The van der Waals surface area contributed by atoms with Gasteiger partial charge in [-0.25, -0.2) is 0 Å². The number of aromatic nitrogens is 2. The van der Waals surface area contributed by atoms with E-state index in [0.29, 0.717) is 0 Å². The first-order valence-electron chi connectivity index (χ1n) is 8.30. The number of aliphatic imine (C=N–C) groups is 1. The summed E-state index contributed by atoms with van der Waals surface area (Å²) in [5.41, 5.74) is 2.35. The van der Waals surface area contributed by atoms with Crippen LogP contribution in [0, 0.1) is 0 Å². The summed E-state index contributed by atoms with van der Waals surface area (Å²) in [6.45, 7) is 4.43. The quantitative estimate of drug-likeness (QED) is 0.475. The van der Waals surface area contributed by atoms with E-state index >= 15 is 0 Å². The zero-order valence-electron chi connectivity index (χ0n) is 14.7. The lowest BCUT2D eigenvalue weighted by Gasteiger charge is -2.22. The van der Waals surface area contributed by atoms with Crippen LogP contribution >= 0.6 is 11.6 Å². The van der Waals surface area contributed by atoms with E-state index in [1.165, 1.54) is 5.56 Å². The lowest BCUT2D eigenvalue weighted by Crippen LogP contribution is -2.38. The summed E-state index contributed by atoms with van der Waals surface area (Å²) in [7, 11) is 3.97. The third kappa shape index (κ3) is 5.57. The van der Waals surface area contributed by atoms with Crippen molar-refractivity contribution in [2.75, 3.05) is 20.1 Å². The molecule has 0 unspecified atom stereocenters. The Morgan fingerprint density at radius 1 is 1.38 bits per heavy atom. The number of nitrogens with zero attached hydrogens (tertiary/aromatic N) is 4. The fourth-order valence-corrected chi connectivity index (χ4v) is 2.69. The molecule has 0 saturated heterocycles. The molecule has 0 saturated carbocycles. The molecule has 1 aromatic heterocycles. The van der Waals surface area contributed by atoms with Crippen molar-refractivity contribution in [1.29, 1.82) is 0 Å². The molecule has 1 heterocycles. The molecule has 0 spiro atoms. The molecule has 0 aliphatic rings. The maximum absolute atomic E-state index is 6.25. The van der Waals surface area contributed by atoms with Crippen LogP contribution in [0.25, 0.3) is 0 Å². The molecular weight excluding hydrogens is 322 g/mol. The Bertz CT molecular complexity index is 665. The summed E-state index contributed by atoms with van der Waals surface area (Å²) in [6.07, 6.45) is 5.96. The molecule has 24 heavy (non-hydrogen) atoms. The van der Waals surface area contributed by atoms with Crippen LogP contribution in [0.1, 0.15) is 24.5 Å². The maximum Gasteiger partial charge on any atom is 0.193 e. The van der Waals surface area contributed by atoms with Crippen molar-refractivity contribution in [2.24, 2.45) is 12.0 Å². The lowest BCUT2D eigenvalue weighted by molar-refractivity contribution is 0.476. The van der Waals surface area contributed by atoms with Crippen molar-refractivity contribution in [3.63, 3.8) is 0 Å². The molecule has 2 rings (SSSR count). The molecule has 0 aliphatic carbocycles. The van der Waals surface area contributed by atoms with E-state index in [-0.39, 0.29) is 0 Å². The minimum Gasteiger partial charge on any atom is -0.357 e. The largest absolute Gasteiger partial charge is 0.357 e. The monoisotopic (exact) mass is 347 g/mol. The number of halogens is 1. The molecule has 1 N–H and O–H groups in total. The Hall–Kier alpha value is -2.01. The van der Waals surface area contributed by atoms with E-state index in [1.54, 1.807) is 0 Å². The molecule has 0 aliphatic heterocycles. The van der Waals surface area contributed by atoms with Crippen LogP contribution in [0.4, 0.5) is 0 Å². The highest BCUT2D eigenvalue weighted by molar-refractivity contribution is 6.31. The molecule has 0 atom stereocenters. The van der Waals surface area contributed by atoms with Gasteiger partial charge in [0.05, 0.1) is 6.20 Å². The zero-order chi connectivity index (χ0) is 17.4. The van der Waals surface area contributed by atoms with Crippen LogP contribution in [0.2, 0.25) is 5.02 Å². The van der Waals surface area contributed by atoms with E-state index in [9.17, 15) is 0 Å². The van der Waals surface area contributed by atoms with E-state index in [1.807, 2.05) is 49.2 Å². The summed E-state index contributed by atoms with van der Waals surface area (Å²) in [6, 6.07) is 7.92. The summed E-state index contributed by atoms with van der Waals surface area (Å²) in [5, 5.41) is 8.32. The van der Waals surface area contributed by atoms with Gasteiger partial charge in [0.1, 0.15) is 0 Å². The Labute approximate surface area is 149 Å². The van der Waals surface area contributed by atoms with Gasteiger partial charge in [0.2, 0.25) is 0 Å². The van der Waals surface area contributed by atoms with Crippen molar-refractivity contribution >= 4 is 17.6 Å². The van der Waals surface area contributed by atoms with Crippen molar-refractivity contribution < 1.29 is 0 Å². The Kier molecular flexibility index (Phi) is 7.12. The standard InChI is InChI=1S/C18H26ClN5/c1-4-20-18(21-11-7-8-15-12-22-24(3)13-15)23(2)14-16-9-5-6-10-17(16)19/h5-6,9-10,12-13H,4,7-8,11,14H2,1-3H3,(H,20,21). The van der Waals surface area contributed by atoms with Gasteiger partial charge in [-0.1, -0.05) is 29.8 Å². The summed E-state index contributed by atoms with van der Waals surface area (Å²) in [4.78, 5) is 6.83. The highest BCUT2D eigenvalue weighted by Crippen LogP contribution is 2.16. The van der Waals surface area contributed by atoms with Crippen LogP contribution in [-0.2, 0) is 20.0 Å². The van der Waals surface area contributed by atoms with Crippen LogP contribution in [0.3, 0.4) is 0 Å². The molecule has 0 radical (unpaired) electrons. The van der Waals surface area contributed by atoms with E-state index < -0.39 is 0 Å². The number of hydrogen-bond donors (Lipinski definition) is 1. The second-order valence-electron chi connectivity index (χ2n) is 5.81. The molecule has 0 fully saturated rings. The van der Waals surface area contributed by atoms with Gasteiger partial charge in [-0.2, -0.15) is 5.10 Å². The maximum atomic E-state index is 6.25. The fraction of sp³-hybridized carbons (Fsp3) is 0.444. The average Bonchev–Trinajstić information content (AvgIpc) is 2.98. The normalized spacial score (nSPS) is 11.6. The lowest BCUT2D eigenvalue weighted by atomic mass is 10.2. The average molecular weight is 348 g/mol. The smallest absolute Gasteiger partial charge is 0.193 e. The number of rotatable bonds is 7. The van der Waals surface area contributed by atoms with Crippen molar-refractivity contribution in [3.05, 3.63) is 52.8 Å². The summed E-state index contributed by atoms with van der Waals surface area (Å²) >= 11 is 6.25. The number of hydrogen-bond acceptors (Lipinski definition) is 2. The first-order valence-corrected chi connectivity index (χ1v) is 8.68. The number of nitrogens with one attached hydrogen (secondary N) is 1. The third-order valence-electron chi connectivity index (χ3n) is 3.71. The second kappa shape index (κ2) is 9.33. The Morgan fingerprint density at radius 3 is 2.83 bits per heavy atom. The predicted octanol–water partition coefficient (Wildman–Crippen LogP) is 3.10. The molecule has 1 aromatic carbocycles. The number of benzene rings is 1. The fourth-order valence-electron chi connectivity index (χ4n) is 2.50. The molecule has 130 valence electrons. The van der Waals surface area contributed by atoms with Gasteiger partial charge < -0.3 is 10.2 Å². The summed E-state index contributed by atoms with van der Waals surface area (Å²) < 4.78 is 1.83. The highest BCUT2D eigenvalue weighted by atomic mass is 35.5. The van der Waals surface area contributed by atoms with Gasteiger partial charge in [0.15, 0.2) is 5.96 Å². The minimum atomic E-state index is 0.730. The van der Waals surface area contributed by atoms with Crippen molar-refractivity contribution in [1.82, 2.24) is 20.0 Å². The van der Waals surface area contributed by atoms with Gasteiger partial charge in [0, 0.05) is 44.9 Å². The summed E-state index contributed by atoms with van der Waals surface area (Å²) in [5.74, 6) is 0.906. The van der Waals surface area contributed by atoms with Crippen LogP contribution in [0.5, 0.6) is 0 Å². The zero-order valence-corrected chi connectivity index (χ0v) is 15.4. The van der Waals surface area contributed by atoms with Gasteiger partial charge >= 0.3 is 0 Å². The highest BCUT2D eigenvalue weighted by Gasteiger charge is 2.08. The molecule has 0 bridgehead atoms. The third-order valence-corrected chi connectivity index (χ3v) is 4.07. The first-order chi connectivity index (χ1) is 11.6. The first kappa shape index (κ1) is 18.3. The Morgan fingerprint density at radius 2 is 2.17 bits per heavy atom. The Balaban J connectivity index is 1.90. The molecule has 6 heteroatoms. The molecular formula is C18H26ClN5. The predicted molar refractivity (Wildman–Crippen MR) is 100 cm³/mol. The van der Waals surface area contributed by atoms with Crippen LogP contribution < -0.4 is 5.32 Å². The van der Waals surface area contributed by atoms with E-state index in [4.69, 9.17) is 16.6 Å². The van der Waals surface area contributed by atoms with Gasteiger partial charge in [0.25, 0.3) is 0 Å². The molecule has 0 amide bonds. The topological polar surface area (TPSA) is 45.5 Å². The minimum absolute atomic E-state index is 0.730. The van der Waals surface area contributed by atoms with E-state index in [2.05, 4.69) is 28.4 Å². The van der Waals surface area contributed by atoms with Gasteiger partial charge in [-0.3, -0.25) is 9.67 Å². The molecule has 5 nitrogen and oxygen atoms in total. The SMILES string of the molecule is CCNC(=NCCCc1cnn(C)c1)N(C)Cc1ccccc1Cl. The number of guanidine groups is 1. The van der Waals surface area contributed by atoms with Crippen molar-refractivity contribution in [2.45, 2.75) is 26.3 Å². The van der Waals surface area contributed by atoms with Crippen LogP contribution in [0.15, 0.2) is 41.7 Å². The van der Waals surface area contributed by atoms with Crippen molar-refractivity contribution in [3.8, 4) is 0 Å². The van der Waals surface area contributed by atoms with Crippen LogP contribution in [-0.4, -0.2) is 40.8 Å². The molecule has 2 aromatic rings. The second-order valence-corrected chi connectivity index (χ2v) is 6.22. The van der Waals surface area contributed by atoms with Gasteiger partial charge in [-0.05, 0) is 37.0 Å². The van der Waals surface area contributed by atoms with E-state index in [0.717, 1.165) is 49.0 Å². The number of aryl methyl sites for hydroxylation is 2. The van der Waals surface area contributed by atoms with Gasteiger partial charge in [-0.15, -0.1) is 0 Å².